The molecule has 0 aliphatic heterocycles. The quantitative estimate of drug-likeness (QED) is 0.620. The molecule has 108 valence electrons. The lowest BCUT2D eigenvalue weighted by Crippen LogP contribution is -1.99. The first-order valence-corrected chi connectivity index (χ1v) is 7.31. The Balaban J connectivity index is 2.09. The molecule has 0 aliphatic carbocycles. The smallest absolute Gasteiger partial charge is 0.187 e. The molecule has 0 saturated heterocycles. The van der Waals surface area contributed by atoms with Gasteiger partial charge in [-0.25, -0.2) is 0 Å². The van der Waals surface area contributed by atoms with Crippen molar-refractivity contribution in [3.05, 3.63) is 76.5 Å². The zero-order chi connectivity index (χ0) is 15.2. The molecule has 0 unspecified atom stereocenters. The third-order valence-corrected chi connectivity index (χ3v) is 3.58. The van der Waals surface area contributed by atoms with Crippen molar-refractivity contribution < 1.29 is 4.79 Å². The van der Waals surface area contributed by atoms with E-state index in [1.165, 1.54) is 11.6 Å². The van der Waals surface area contributed by atoms with Crippen LogP contribution in [0.25, 0.3) is 0 Å². The summed E-state index contributed by atoms with van der Waals surface area (Å²) >= 11 is 5.81. The van der Waals surface area contributed by atoms with E-state index in [4.69, 9.17) is 11.6 Å². The number of carbonyl (C=O) groups excluding carboxylic acids is 1. The Morgan fingerprint density at radius 2 is 1.90 bits per heavy atom. The number of anilines is 1. The van der Waals surface area contributed by atoms with Crippen molar-refractivity contribution in [3.63, 3.8) is 0 Å². The summed E-state index contributed by atoms with van der Waals surface area (Å²) in [5.41, 5.74) is 4.09. The van der Waals surface area contributed by atoms with Crippen LogP contribution < -0.4 is 5.32 Å². The average molecular weight is 300 g/mol. The monoisotopic (exact) mass is 299 g/mol. The van der Waals surface area contributed by atoms with Crippen LogP contribution in [0.15, 0.2) is 54.7 Å². The Hall–Kier alpha value is -2.06. The minimum atomic E-state index is -0.0502. The molecule has 2 rings (SSSR count). The topological polar surface area (TPSA) is 29.1 Å². The summed E-state index contributed by atoms with van der Waals surface area (Å²) in [5, 5.41) is 3.84. The van der Waals surface area contributed by atoms with Crippen LogP contribution in [-0.2, 0) is 6.42 Å². The van der Waals surface area contributed by atoms with Crippen LogP contribution in [0.5, 0.6) is 0 Å². The number of hydrogen-bond donors (Lipinski definition) is 1. The van der Waals surface area contributed by atoms with Gasteiger partial charge in [-0.1, -0.05) is 36.7 Å². The van der Waals surface area contributed by atoms with Crippen LogP contribution in [0.4, 0.5) is 5.69 Å². The van der Waals surface area contributed by atoms with Crippen molar-refractivity contribution in [2.45, 2.75) is 20.3 Å². The highest BCUT2D eigenvalue weighted by atomic mass is 35.5. The Bertz CT molecular complexity index is 659. The van der Waals surface area contributed by atoms with Gasteiger partial charge in [0.2, 0.25) is 0 Å². The Morgan fingerprint density at radius 1 is 1.19 bits per heavy atom. The molecular formula is C18H18ClNO. The van der Waals surface area contributed by atoms with E-state index in [0.717, 1.165) is 17.7 Å². The summed E-state index contributed by atoms with van der Waals surface area (Å²) in [7, 11) is 0. The van der Waals surface area contributed by atoms with Gasteiger partial charge in [-0.05, 0) is 48.7 Å². The third-order valence-electron chi connectivity index (χ3n) is 3.33. The standard InChI is InChI=1S/C18H18ClNO/c1-3-14-6-4-5-13(2)18(14)20-12-11-17(21)15-7-9-16(19)10-8-15/h4-12,20H,3H2,1-2H3/b12-11+. The van der Waals surface area contributed by atoms with Gasteiger partial charge >= 0.3 is 0 Å². The fourth-order valence-electron chi connectivity index (χ4n) is 2.14. The van der Waals surface area contributed by atoms with Crippen LogP contribution in [0.2, 0.25) is 5.02 Å². The first-order chi connectivity index (χ1) is 10.1. The van der Waals surface area contributed by atoms with Gasteiger partial charge in [0.15, 0.2) is 5.78 Å². The lowest BCUT2D eigenvalue weighted by atomic mass is 10.1. The number of nitrogens with one attached hydrogen (secondary N) is 1. The summed E-state index contributed by atoms with van der Waals surface area (Å²) < 4.78 is 0. The third kappa shape index (κ3) is 3.96. The fourth-order valence-corrected chi connectivity index (χ4v) is 2.27. The fraction of sp³-hybridized carbons (Fsp3) is 0.167. The first-order valence-electron chi connectivity index (χ1n) is 6.93. The van der Waals surface area contributed by atoms with Crippen molar-refractivity contribution in [2.75, 3.05) is 5.32 Å². The van der Waals surface area contributed by atoms with E-state index in [9.17, 15) is 4.79 Å². The maximum absolute atomic E-state index is 12.0. The lowest BCUT2D eigenvalue weighted by Gasteiger charge is -2.10. The summed E-state index contributed by atoms with van der Waals surface area (Å²) in [5.74, 6) is -0.0502. The number of ketones is 1. The van der Waals surface area contributed by atoms with Crippen LogP contribution in [0.3, 0.4) is 0 Å². The molecule has 0 radical (unpaired) electrons. The average Bonchev–Trinajstić information content (AvgIpc) is 2.49. The molecule has 0 atom stereocenters. The molecule has 0 amide bonds. The summed E-state index contributed by atoms with van der Waals surface area (Å²) in [6, 6.07) is 13.1. The number of rotatable bonds is 5. The number of halogens is 1. The molecule has 0 aromatic heterocycles. The number of hydrogen-bond acceptors (Lipinski definition) is 2. The van der Waals surface area contributed by atoms with Crippen molar-refractivity contribution >= 4 is 23.1 Å². The van der Waals surface area contributed by atoms with Crippen molar-refractivity contribution in [2.24, 2.45) is 0 Å². The highest BCUT2D eigenvalue weighted by Crippen LogP contribution is 2.21. The zero-order valence-corrected chi connectivity index (χ0v) is 12.9. The van der Waals surface area contributed by atoms with Crippen LogP contribution in [0.1, 0.15) is 28.4 Å². The molecule has 0 heterocycles. The molecule has 0 saturated carbocycles. The highest BCUT2D eigenvalue weighted by molar-refractivity contribution is 6.30. The molecule has 1 N–H and O–H groups in total. The molecule has 2 aromatic carbocycles. The molecule has 2 aromatic rings. The van der Waals surface area contributed by atoms with E-state index in [-0.39, 0.29) is 5.78 Å². The maximum atomic E-state index is 12.0. The van der Waals surface area contributed by atoms with Gasteiger partial charge in [0.25, 0.3) is 0 Å². The number of benzene rings is 2. The van der Waals surface area contributed by atoms with E-state index in [2.05, 4.69) is 31.3 Å². The number of carbonyl (C=O) groups is 1. The van der Waals surface area contributed by atoms with Gasteiger partial charge in [0.05, 0.1) is 0 Å². The highest BCUT2D eigenvalue weighted by Gasteiger charge is 2.03. The van der Waals surface area contributed by atoms with E-state index in [1.807, 2.05) is 6.07 Å². The van der Waals surface area contributed by atoms with Crippen molar-refractivity contribution in [1.29, 1.82) is 0 Å². The van der Waals surface area contributed by atoms with Gasteiger partial charge in [-0.2, -0.15) is 0 Å². The molecule has 0 bridgehead atoms. The van der Waals surface area contributed by atoms with Crippen LogP contribution in [0, 0.1) is 6.92 Å². The molecule has 0 aliphatic rings. The number of allylic oxidation sites excluding steroid dienone is 1. The van der Waals surface area contributed by atoms with Gasteiger partial charge in [0, 0.05) is 28.5 Å². The molecule has 21 heavy (non-hydrogen) atoms. The molecule has 2 nitrogen and oxygen atoms in total. The minimum absolute atomic E-state index is 0.0502. The van der Waals surface area contributed by atoms with E-state index >= 15 is 0 Å². The van der Waals surface area contributed by atoms with Crippen molar-refractivity contribution in [1.82, 2.24) is 0 Å². The largest absolute Gasteiger partial charge is 0.361 e. The Kier molecular flexibility index (Phi) is 5.18. The summed E-state index contributed by atoms with van der Waals surface area (Å²) in [4.78, 5) is 12.0. The molecule has 3 heteroatoms. The molecular weight excluding hydrogens is 282 g/mol. The normalized spacial score (nSPS) is 10.8. The SMILES string of the molecule is CCc1cccc(C)c1N/C=C/C(=O)c1ccc(Cl)cc1. The van der Waals surface area contributed by atoms with E-state index in [0.29, 0.717) is 10.6 Å². The Morgan fingerprint density at radius 3 is 2.57 bits per heavy atom. The second kappa shape index (κ2) is 7.09. The number of para-hydroxylation sites is 1. The van der Waals surface area contributed by atoms with Gasteiger partial charge in [-0.3, -0.25) is 4.79 Å². The maximum Gasteiger partial charge on any atom is 0.187 e. The Labute approximate surface area is 130 Å². The predicted molar refractivity (Wildman–Crippen MR) is 89.1 cm³/mol. The lowest BCUT2D eigenvalue weighted by molar-refractivity contribution is 0.104. The molecule has 0 fully saturated rings. The van der Waals surface area contributed by atoms with Crippen molar-refractivity contribution in [3.8, 4) is 0 Å². The second-order valence-electron chi connectivity index (χ2n) is 4.81. The molecule has 0 spiro atoms. The first kappa shape index (κ1) is 15.3. The van der Waals surface area contributed by atoms with Crippen LogP contribution in [-0.4, -0.2) is 5.78 Å². The van der Waals surface area contributed by atoms with Gasteiger partial charge in [-0.15, -0.1) is 0 Å². The van der Waals surface area contributed by atoms with Gasteiger partial charge in [0.1, 0.15) is 0 Å². The van der Waals surface area contributed by atoms with Gasteiger partial charge < -0.3 is 5.32 Å². The second-order valence-corrected chi connectivity index (χ2v) is 5.25. The predicted octanol–water partition coefficient (Wildman–Crippen LogP) is 5.02. The van der Waals surface area contributed by atoms with E-state index in [1.54, 1.807) is 30.5 Å². The zero-order valence-electron chi connectivity index (χ0n) is 12.2. The van der Waals surface area contributed by atoms with Crippen LogP contribution >= 0.6 is 11.6 Å². The number of aryl methyl sites for hydroxylation is 2. The minimum Gasteiger partial charge on any atom is -0.361 e. The summed E-state index contributed by atoms with van der Waals surface area (Å²) in [6.45, 7) is 4.17. The van der Waals surface area contributed by atoms with E-state index < -0.39 is 0 Å². The summed E-state index contributed by atoms with van der Waals surface area (Å²) in [6.07, 6.45) is 4.18.